The van der Waals surface area contributed by atoms with Crippen LogP contribution in [-0.2, 0) is 9.53 Å². The zero-order valence-electron chi connectivity index (χ0n) is 12.9. The summed E-state index contributed by atoms with van der Waals surface area (Å²) in [7, 11) is 0. The quantitative estimate of drug-likeness (QED) is 0.813. The monoisotopic (exact) mass is 282 g/mol. The lowest BCUT2D eigenvalue weighted by atomic mass is 9.99. The maximum absolute atomic E-state index is 12.5. The number of amides is 1. The molecule has 4 heteroatoms. The van der Waals surface area contributed by atoms with Crippen LogP contribution in [0.4, 0.5) is 0 Å². The largest absolute Gasteiger partial charge is 0.376 e. The molecule has 0 radical (unpaired) electrons. The highest BCUT2D eigenvalue weighted by Crippen LogP contribution is 2.27. The van der Waals surface area contributed by atoms with Gasteiger partial charge in [0.15, 0.2) is 0 Å². The van der Waals surface area contributed by atoms with Gasteiger partial charge in [-0.3, -0.25) is 4.79 Å². The zero-order valence-corrected chi connectivity index (χ0v) is 12.9. The average Bonchev–Trinajstić information content (AvgIpc) is 2.85. The summed E-state index contributed by atoms with van der Waals surface area (Å²) in [6, 6.07) is 0.230. The molecule has 2 rings (SSSR count). The molecule has 1 unspecified atom stereocenters. The lowest BCUT2D eigenvalue weighted by Crippen LogP contribution is -2.41. The number of nitrogens with zero attached hydrogens (tertiary/aromatic N) is 1. The van der Waals surface area contributed by atoms with Gasteiger partial charge in [-0.2, -0.15) is 0 Å². The van der Waals surface area contributed by atoms with Gasteiger partial charge >= 0.3 is 0 Å². The Morgan fingerprint density at radius 3 is 2.70 bits per heavy atom. The predicted octanol–water partition coefficient (Wildman–Crippen LogP) is 2.31. The molecule has 1 aliphatic heterocycles. The highest BCUT2D eigenvalue weighted by atomic mass is 16.5. The SMILES string of the molecule is CCCN(CC1CCCCO1)C(=O)C[C@@H]1CCC[C@H]1N. The average molecular weight is 282 g/mol. The number of carbonyl (C=O) groups is 1. The van der Waals surface area contributed by atoms with E-state index in [4.69, 9.17) is 10.5 Å². The standard InChI is InChI=1S/C16H30N2O2/c1-2-9-18(12-14-7-3-4-10-20-14)16(19)11-13-6-5-8-15(13)17/h13-15H,2-12,17H2,1H3/t13-,14?,15+/m0/s1. The molecule has 1 saturated heterocycles. The molecule has 2 fully saturated rings. The summed E-state index contributed by atoms with van der Waals surface area (Å²) in [5, 5.41) is 0. The van der Waals surface area contributed by atoms with Crippen molar-refractivity contribution in [2.45, 2.75) is 70.4 Å². The van der Waals surface area contributed by atoms with E-state index in [2.05, 4.69) is 6.92 Å². The molecule has 4 nitrogen and oxygen atoms in total. The van der Waals surface area contributed by atoms with Crippen molar-refractivity contribution in [2.24, 2.45) is 11.7 Å². The number of carbonyl (C=O) groups excluding carboxylic acids is 1. The smallest absolute Gasteiger partial charge is 0.222 e. The Kier molecular flexibility index (Phi) is 6.30. The van der Waals surface area contributed by atoms with Gasteiger partial charge in [-0.05, 0) is 44.4 Å². The molecule has 3 atom stereocenters. The minimum Gasteiger partial charge on any atom is -0.376 e. The van der Waals surface area contributed by atoms with E-state index in [0.29, 0.717) is 12.3 Å². The first-order valence-corrected chi connectivity index (χ1v) is 8.35. The summed E-state index contributed by atoms with van der Waals surface area (Å²) in [4.78, 5) is 14.5. The van der Waals surface area contributed by atoms with E-state index in [9.17, 15) is 4.79 Å². The second-order valence-corrected chi connectivity index (χ2v) is 6.39. The van der Waals surface area contributed by atoms with Crippen LogP contribution in [0.25, 0.3) is 0 Å². The predicted molar refractivity (Wildman–Crippen MR) is 80.4 cm³/mol. The topological polar surface area (TPSA) is 55.6 Å². The Morgan fingerprint density at radius 1 is 1.25 bits per heavy atom. The first kappa shape index (κ1) is 15.8. The van der Waals surface area contributed by atoms with Gasteiger partial charge in [0.2, 0.25) is 5.91 Å². The van der Waals surface area contributed by atoms with Crippen molar-refractivity contribution in [3.8, 4) is 0 Å². The van der Waals surface area contributed by atoms with E-state index >= 15 is 0 Å². The van der Waals surface area contributed by atoms with Crippen LogP contribution in [0.3, 0.4) is 0 Å². The fourth-order valence-corrected chi connectivity index (χ4v) is 3.46. The maximum atomic E-state index is 12.5. The fourth-order valence-electron chi connectivity index (χ4n) is 3.46. The summed E-state index contributed by atoms with van der Waals surface area (Å²) in [5.41, 5.74) is 6.09. The lowest BCUT2D eigenvalue weighted by Gasteiger charge is -2.31. The van der Waals surface area contributed by atoms with Gasteiger partial charge in [0, 0.05) is 32.2 Å². The van der Waals surface area contributed by atoms with E-state index in [1.807, 2.05) is 4.90 Å². The molecule has 0 aromatic carbocycles. The molecule has 1 amide bonds. The van der Waals surface area contributed by atoms with E-state index in [1.54, 1.807) is 0 Å². The van der Waals surface area contributed by atoms with Crippen molar-refractivity contribution >= 4 is 5.91 Å². The number of nitrogens with two attached hydrogens (primary N) is 1. The van der Waals surface area contributed by atoms with Crippen LogP contribution in [0.5, 0.6) is 0 Å². The van der Waals surface area contributed by atoms with Gasteiger partial charge in [0.05, 0.1) is 6.10 Å². The number of hydrogen-bond acceptors (Lipinski definition) is 3. The third kappa shape index (κ3) is 4.45. The molecule has 20 heavy (non-hydrogen) atoms. The molecule has 116 valence electrons. The molecule has 2 aliphatic rings. The minimum atomic E-state index is 0.230. The normalized spacial score (nSPS) is 30.4. The Hall–Kier alpha value is -0.610. The van der Waals surface area contributed by atoms with Crippen LogP contribution in [0, 0.1) is 5.92 Å². The summed E-state index contributed by atoms with van der Waals surface area (Å²) < 4.78 is 5.78. The zero-order chi connectivity index (χ0) is 14.4. The van der Waals surface area contributed by atoms with E-state index in [-0.39, 0.29) is 18.1 Å². The fraction of sp³-hybridized carbons (Fsp3) is 0.938. The van der Waals surface area contributed by atoms with Crippen molar-refractivity contribution in [1.29, 1.82) is 0 Å². The van der Waals surface area contributed by atoms with Gasteiger partial charge in [-0.1, -0.05) is 13.3 Å². The van der Waals surface area contributed by atoms with E-state index in [1.165, 1.54) is 12.8 Å². The summed E-state index contributed by atoms with van der Waals surface area (Å²) in [6.07, 6.45) is 8.75. The molecule has 1 saturated carbocycles. The summed E-state index contributed by atoms with van der Waals surface area (Å²) in [5.74, 6) is 0.678. The Morgan fingerprint density at radius 2 is 2.10 bits per heavy atom. The van der Waals surface area contributed by atoms with Gasteiger partial charge in [0.1, 0.15) is 0 Å². The van der Waals surface area contributed by atoms with E-state index in [0.717, 1.165) is 51.8 Å². The first-order valence-electron chi connectivity index (χ1n) is 8.35. The molecule has 1 heterocycles. The maximum Gasteiger partial charge on any atom is 0.222 e. The number of ether oxygens (including phenoxy) is 1. The van der Waals surface area contributed by atoms with Gasteiger partial charge in [0.25, 0.3) is 0 Å². The Balaban J connectivity index is 1.84. The van der Waals surface area contributed by atoms with Crippen LogP contribution in [0.1, 0.15) is 58.3 Å². The molecular formula is C16H30N2O2. The summed E-state index contributed by atoms with van der Waals surface area (Å²) in [6.45, 7) is 4.60. The number of hydrogen-bond donors (Lipinski definition) is 1. The van der Waals surface area contributed by atoms with Gasteiger partial charge in [-0.25, -0.2) is 0 Å². The highest BCUT2D eigenvalue weighted by Gasteiger charge is 2.29. The first-order chi connectivity index (χ1) is 9.70. The highest BCUT2D eigenvalue weighted by molar-refractivity contribution is 5.76. The molecule has 0 spiro atoms. The third-order valence-electron chi connectivity index (χ3n) is 4.70. The molecule has 1 aliphatic carbocycles. The van der Waals surface area contributed by atoms with Crippen LogP contribution in [0.15, 0.2) is 0 Å². The molecule has 0 aromatic heterocycles. The van der Waals surface area contributed by atoms with Crippen molar-refractivity contribution in [3.05, 3.63) is 0 Å². The Labute approximate surface area is 123 Å². The van der Waals surface area contributed by atoms with Crippen LogP contribution >= 0.6 is 0 Å². The van der Waals surface area contributed by atoms with E-state index < -0.39 is 0 Å². The van der Waals surface area contributed by atoms with Crippen molar-refractivity contribution in [1.82, 2.24) is 4.90 Å². The lowest BCUT2D eigenvalue weighted by molar-refractivity contribution is -0.135. The third-order valence-corrected chi connectivity index (χ3v) is 4.70. The van der Waals surface area contributed by atoms with Crippen LogP contribution in [-0.4, -0.2) is 42.6 Å². The minimum absolute atomic E-state index is 0.230. The van der Waals surface area contributed by atoms with Crippen molar-refractivity contribution in [3.63, 3.8) is 0 Å². The number of rotatable bonds is 6. The second kappa shape index (κ2) is 7.99. The van der Waals surface area contributed by atoms with Crippen LogP contribution < -0.4 is 5.73 Å². The van der Waals surface area contributed by atoms with Crippen molar-refractivity contribution in [2.75, 3.05) is 19.7 Å². The van der Waals surface area contributed by atoms with Crippen molar-refractivity contribution < 1.29 is 9.53 Å². The van der Waals surface area contributed by atoms with Gasteiger partial charge in [-0.15, -0.1) is 0 Å². The van der Waals surface area contributed by atoms with Crippen LogP contribution in [0.2, 0.25) is 0 Å². The second-order valence-electron chi connectivity index (χ2n) is 6.39. The Bertz CT molecular complexity index is 303. The molecular weight excluding hydrogens is 252 g/mol. The summed E-state index contributed by atoms with van der Waals surface area (Å²) >= 11 is 0. The molecule has 2 N–H and O–H groups in total. The van der Waals surface area contributed by atoms with Gasteiger partial charge < -0.3 is 15.4 Å². The molecule has 0 bridgehead atoms. The molecule has 0 aromatic rings.